The number of piperidine rings is 2. The van der Waals surface area contributed by atoms with E-state index >= 15 is 0 Å². The second kappa shape index (κ2) is 9.17. The molecule has 2 fully saturated rings. The van der Waals surface area contributed by atoms with Crippen LogP contribution in [-0.2, 0) is 0 Å². The summed E-state index contributed by atoms with van der Waals surface area (Å²) in [4.78, 5) is 0. The van der Waals surface area contributed by atoms with E-state index in [9.17, 15) is 0 Å². The molecule has 2 N–H and O–H groups in total. The number of nitrogens with one attached hydrogen (secondary N) is 2. The maximum absolute atomic E-state index is 3.37. The summed E-state index contributed by atoms with van der Waals surface area (Å²) in [5.41, 5.74) is 0. The Kier molecular flexibility index (Phi) is 7.94. The first kappa shape index (κ1) is 13.0. The minimum absolute atomic E-state index is 1.04. The van der Waals surface area contributed by atoms with E-state index in [1.807, 2.05) is 0 Å². The second-order valence-corrected chi connectivity index (χ2v) is 4.79. The van der Waals surface area contributed by atoms with Crippen molar-refractivity contribution in [2.75, 3.05) is 26.2 Å². The van der Waals surface area contributed by atoms with Gasteiger partial charge in [0.15, 0.2) is 0 Å². The Morgan fingerprint density at radius 2 is 1.47 bits per heavy atom. The Balaban J connectivity index is 0.000000162. The first-order valence-corrected chi connectivity index (χ1v) is 6.85. The van der Waals surface area contributed by atoms with Gasteiger partial charge in [0, 0.05) is 0 Å². The first-order valence-electron chi connectivity index (χ1n) is 6.85. The Morgan fingerprint density at radius 3 is 1.87 bits per heavy atom. The fourth-order valence-corrected chi connectivity index (χ4v) is 2.38. The van der Waals surface area contributed by atoms with Gasteiger partial charge >= 0.3 is 0 Å². The zero-order valence-electron chi connectivity index (χ0n) is 10.4. The van der Waals surface area contributed by atoms with Crippen molar-refractivity contribution in [2.45, 2.75) is 51.9 Å². The van der Waals surface area contributed by atoms with E-state index in [0.717, 1.165) is 5.92 Å². The van der Waals surface area contributed by atoms with Crippen LogP contribution in [-0.4, -0.2) is 26.2 Å². The van der Waals surface area contributed by atoms with Crippen molar-refractivity contribution in [3.05, 3.63) is 0 Å². The molecule has 0 amide bonds. The highest BCUT2D eigenvalue weighted by Crippen LogP contribution is 2.16. The molecule has 90 valence electrons. The molecular weight excluding hydrogens is 184 g/mol. The molecule has 0 saturated carbocycles. The van der Waals surface area contributed by atoms with Gasteiger partial charge in [0.25, 0.3) is 0 Å². The number of hydrogen-bond acceptors (Lipinski definition) is 2. The van der Waals surface area contributed by atoms with Gasteiger partial charge in [-0.1, -0.05) is 26.2 Å². The van der Waals surface area contributed by atoms with Gasteiger partial charge in [0.2, 0.25) is 0 Å². The van der Waals surface area contributed by atoms with Gasteiger partial charge < -0.3 is 10.6 Å². The van der Waals surface area contributed by atoms with Crippen LogP contribution in [0.1, 0.15) is 51.9 Å². The molecule has 0 aromatic carbocycles. The molecule has 15 heavy (non-hydrogen) atoms. The van der Waals surface area contributed by atoms with Crippen LogP contribution in [0.3, 0.4) is 0 Å². The van der Waals surface area contributed by atoms with Crippen LogP contribution < -0.4 is 10.6 Å². The Hall–Kier alpha value is -0.0800. The van der Waals surface area contributed by atoms with Crippen molar-refractivity contribution >= 4 is 0 Å². The molecule has 0 spiro atoms. The van der Waals surface area contributed by atoms with E-state index in [1.165, 1.54) is 71.1 Å². The molecule has 0 aromatic heterocycles. The molecule has 2 heterocycles. The van der Waals surface area contributed by atoms with Crippen molar-refractivity contribution in [2.24, 2.45) is 5.92 Å². The van der Waals surface area contributed by atoms with E-state index < -0.39 is 0 Å². The third-order valence-electron chi connectivity index (χ3n) is 3.36. The third kappa shape index (κ3) is 6.91. The summed E-state index contributed by atoms with van der Waals surface area (Å²) < 4.78 is 0. The molecule has 2 aliphatic heterocycles. The highest BCUT2D eigenvalue weighted by atomic mass is 14.9. The van der Waals surface area contributed by atoms with Gasteiger partial charge in [-0.3, -0.25) is 0 Å². The van der Waals surface area contributed by atoms with E-state index in [1.54, 1.807) is 0 Å². The Bertz CT molecular complexity index is 112. The first-order chi connectivity index (χ1) is 7.43. The summed E-state index contributed by atoms with van der Waals surface area (Å²) in [6, 6.07) is 0. The number of rotatable bonds is 2. The average molecular weight is 212 g/mol. The van der Waals surface area contributed by atoms with E-state index in [0.29, 0.717) is 0 Å². The molecule has 2 rings (SSSR count). The normalized spacial score (nSPS) is 23.0. The molecule has 2 nitrogen and oxygen atoms in total. The molecule has 0 radical (unpaired) electrons. The molecule has 2 aliphatic rings. The van der Waals surface area contributed by atoms with Crippen LogP contribution >= 0.6 is 0 Å². The van der Waals surface area contributed by atoms with Crippen LogP contribution in [0.15, 0.2) is 0 Å². The van der Waals surface area contributed by atoms with Crippen molar-refractivity contribution in [3.8, 4) is 0 Å². The van der Waals surface area contributed by atoms with Crippen LogP contribution in [0.4, 0.5) is 0 Å². The van der Waals surface area contributed by atoms with Crippen molar-refractivity contribution in [1.29, 1.82) is 0 Å². The fraction of sp³-hybridized carbons (Fsp3) is 1.00. The molecule has 2 heteroatoms. The molecule has 0 unspecified atom stereocenters. The summed E-state index contributed by atoms with van der Waals surface area (Å²) >= 11 is 0. The predicted octanol–water partition coefficient (Wildman–Crippen LogP) is 2.55. The SMILES string of the molecule is C1CCNCC1.CCCC1CCNCC1. The Labute approximate surface area is 95.2 Å². The van der Waals surface area contributed by atoms with Crippen LogP contribution in [0.2, 0.25) is 0 Å². The minimum Gasteiger partial charge on any atom is -0.317 e. The molecule has 2 saturated heterocycles. The molecule has 0 aromatic rings. The van der Waals surface area contributed by atoms with Gasteiger partial charge in [0.1, 0.15) is 0 Å². The lowest BCUT2D eigenvalue weighted by molar-refractivity contribution is 0.351. The monoisotopic (exact) mass is 212 g/mol. The van der Waals surface area contributed by atoms with Gasteiger partial charge in [0.05, 0.1) is 0 Å². The fourth-order valence-electron chi connectivity index (χ4n) is 2.38. The second-order valence-electron chi connectivity index (χ2n) is 4.79. The highest BCUT2D eigenvalue weighted by Gasteiger charge is 2.10. The molecule has 0 atom stereocenters. The average Bonchev–Trinajstić information content (AvgIpc) is 2.34. The van der Waals surface area contributed by atoms with E-state index in [-0.39, 0.29) is 0 Å². The maximum Gasteiger partial charge on any atom is -0.00463 e. The quantitative estimate of drug-likeness (QED) is 0.735. The predicted molar refractivity (Wildman–Crippen MR) is 67.2 cm³/mol. The Morgan fingerprint density at radius 1 is 0.867 bits per heavy atom. The highest BCUT2D eigenvalue weighted by molar-refractivity contribution is 4.67. The van der Waals surface area contributed by atoms with Crippen molar-refractivity contribution in [1.82, 2.24) is 10.6 Å². The molecule has 0 bridgehead atoms. The summed E-state index contributed by atoms with van der Waals surface area (Å²) in [7, 11) is 0. The lowest BCUT2D eigenvalue weighted by Crippen LogP contribution is -2.27. The van der Waals surface area contributed by atoms with E-state index in [2.05, 4.69) is 17.6 Å². The standard InChI is InChI=1S/C8H17N.C5H11N/c1-2-3-8-4-6-9-7-5-8;1-2-4-6-5-3-1/h8-9H,2-7H2,1H3;6H,1-5H2. The summed E-state index contributed by atoms with van der Waals surface area (Å²) in [5, 5.41) is 6.66. The zero-order chi connectivity index (χ0) is 10.8. The largest absolute Gasteiger partial charge is 0.317 e. The van der Waals surface area contributed by atoms with Gasteiger partial charge in [-0.2, -0.15) is 0 Å². The van der Waals surface area contributed by atoms with Gasteiger partial charge in [-0.25, -0.2) is 0 Å². The van der Waals surface area contributed by atoms with Crippen LogP contribution in [0.25, 0.3) is 0 Å². The van der Waals surface area contributed by atoms with E-state index in [4.69, 9.17) is 0 Å². The topological polar surface area (TPSA) is 24.1 Å². The number of hydrogen-bond donors (Lipinski definition) is 2. The molecular formula is C13H28N2. The maximum atomic E-state index is 3.37. The third-order valence-corrected chi connectivity index (χ3v) is 3.36. The summed E-state index contributed by atoms with van der Waals surface area (Å²) in [6.07, 6.45) is 9.85. The summed E-state index contributed by atoms with van der Waals surface area (Å²) in [5.74, 6) is 1.04. The lowest BCUT2D eigenvalue weighted by atomic mass is 9.94. The van der Waals surface area contributed by atoms with Crippen molar-refractivity contribution in [3.63, 3.8) is 0 Å². The van der Waals surface area contributed by atoms with Gasteiger partial charge in [-0.15, -0.1) is 0 Å². The summed E-state index contributed by atoms with van der Waals surface area (Å²) in [6.45, 7) is 7.29. The zero-order valence-corrected chi connectivity index (χ0v) is 10.4. The van der Waals surface area contributed by atoms with Crippen molar-refractivity contribution < 1.29 is 0 Å². The molecule has 0 aliphatic carbocycles. The van der Waals surface area contributed by atoms with Crippen LogP contribution in [0.5, 0.6) is 0 Å². The lowest BCUT2D eigenvalue weighted by Gasteiger charge is -2.21. The smallest absolute Gasteiger partial charge is 0.00463 e. The van der Waals surface area contributed by atoms with Gasteiger partial charge in [-0.05, 0) is 57.8 Å². The minimum atomic E-state index is 1.04. The van der Waals surface area contributed by atoms with Crippen LogP contribution in [0, 0.1) is 5.92 Å².